The molecule has 0 radical (unpaired) electrons. The number of hydrogen-bond donors (Lipinski definition) is 1. The number of nitrogens with zero attached hydrogens (tertiary/aromatic N) is 3. The third-order valence-corrected chi connectivity index (χ3v) is 3.63. The number of aromatic nitrogens is 1. The fourth-order valence-corrected chi connectivity index (χ4v) is 2.67. The van der Waals surface area contributed by atoms with Crippen LogP contribution in [0.15, 0.2) is 23.5 Å². The maximum atomic E-state index is 5.98. The molecule has 0 amide bonds. The van der Waals surface area contributed by atoms with Crippen LogP contribution in [0.2, 0.25) is 0 Å². The van der Waals surface area contributed by atoms with Gasteiger partial charge in [-0.1, -0.05) is 6.07 Å². The van der Waals surface area contributed by atoms with E-state index in [0.717, 1.165) is 35.7 Å². The molecular weight excluding hydrogens is 359 g/mol. The highest BCUT2D eigenvalue weighted by Gasteiger charge is 2.11. The van der Waals surface area contributed by atoms with E-state index in [1.807, 2.05) is 31.1 Å². The molecule has 0 spiro atoms. The topological polar surface area (TPSA) is 54.5 Å². The van der Waals surface area contributed by atoms with Crippen LogP contribution >= 0.6 is 35.7 Å². The summed E-state index contributed by atoms with van der Waals surface area (Å²) in [4.78, 5) is 10.7. The molecule has 1 aromatic heterocycles. The van der Waals surface area contributed by atoms with Gasteiger partial charge in [-0.05, 0) is 18.1 Å². The van der Waals surface area contributed by atoms with Gasteiger partial charge in [0.1, 0.15) is 0 Å². The zero-order valence-electron chi connectivity index (χ0n) is 10.5. The molecule has 6 heteroatoms. The molecule has 2 rings (SSSR count). The zero-order valence-corrected chi connectivity index (χ0v) is 13.6. The Morgan fingerprint density at radius 3 is 2.83 bits per heavy atom. The van der Waals surface area contributed by atoms with Crippen LogP contribution in [-0.4, -0.2) is 40.4 Å². The van der Waals surface area contributed by atoms with Crippen molar-refractivity contribution in [2.24, 2.45) is 10.7 Å². The Bertz CT molecular complexity index is 405. The fourth-order valence-electron chi connectivity index (χ4n) is 1.77. The quantitative estimate of drug-likeness (QED) is 0.485. The lowest BCUT2D eigenvalue weighted by Gasteiger charge is -2.27. The number of aryl methyl sites for hydroxylation is 1. The molecule has 0 bridgehead atoms. The van der Waals surface area contributed by atoms with Crippen molar-refractivity contribution in [3.05, 3.63) is 29.6 Å². The average Bonchev–Trinajstić information content (AvgIpc) is 2.37. The first-order chi connectivity index (χ1) is 8.25. The summed E-state index contributed by atoms with van der Waals surface area (Å²) >= 11 is 1.97. The predicted octanol–water partition coefficient (Wildman–Crippen LogP) is 1.87. The normalized spacial score (nSPS) is 16.3. The van der Waals surface area contributed by atoms with Gasteiger partial charge in [0.2, 0.25) is 0 Å². The molecule has 1 aliphatic heterocycles. The lowest BCUT2D eigenvalue weighted by atomic mass is 10.2. The summed E-state index contributed by atoms with van der Waals surface area (Å²) in [7, 11) is 0. The molecule has 0 atom stereocenters. The smallest absolute Gasteiger partial charge is 0.191 e. The van der Waals surface area contributed by atoms with E-state index in [1.54, 1.807) is 0 Å². The summed E-state index contributed by atoms with van der Waals surface area (Å²) in [6.45, 7) is 4.66. The number of hydrogen-bond acceptors (Lipinski definition) is 3. The van der Waals surface area contributed by atoms with Crippen molar-refractivity contribution in [2.75, 3.05) is 24.6 Å². The molecule has 1 aromatic rings. The van der Waals surface area contributed by atoms with E-state index in [1.165, 1.54) is 0 Å². The summed E-state index contributed by atoms with van der Waals surface area (Å²) in [6, 6.07) is 2.09. The molecule has 0 saturated carbocycles. The van der Waals surface area contributed by atoms with Crippen LogP contribution in [0.1, 0.15) is 11.1 Å². The van der Waals surface area contributed by atoms with Crippen LogP contribution in [0.5, 0.6) is 0 Å². The lowest BCUT2D eigenvalue weighted by molar-refractivity contribution is 0.455. The van der Waals surface area contributed by atoms with E-state index in [9.17, 15) is 0 Å². The number of rotatable bonds is 2. The van der Waals surface area contributed by atoms with Crippen LogP contribution in [0, 0.1) is 6.92 Å². The van der Waals surface area contributed by atoms with E-state index in [-0.39, 0.29) is 24.0 Å². The minimum atomic E-state index is 0. The lowest BCUT2D eigenvalue weighted by Crippen LogP contribution is -2.42. The van der Waals surface area contributed by atoms with Crippen molar-refractivity contribution >= 4 is 41.7 Å². The molecule has 1 fully saturated rings. The second kappa shape index (κ2) is 7.83. The Hall–Kier alpha value is -0.500. The van der Waals surface area contributed by atoms with Crippen molar-refractivity contribution in [1.82, 2.24) is 9.88 Å². The second-order valence-electron chi connectivity index (χ2n) is 4.14. The van der Waals surface area contributed by atoms with E-state index in [2.05, 4.69) is 20.9 Å². The number of guanidine groups is 1. The minimum absolute atomic E-state index is 0. The monoisotopic (exact) mass is 378 g/mol. The largest absolute Gasteiger partial charge is 0.370 e. The maximum Gasteiger partial charge on any atom is 0.191 e. The van der Waals surface area contributed by atoms with E-state index >= 15 is 0 Å². The Morgan fingerprint density at radius 1 is 1.44 bits per heavy atom. The molecular formula is C12H19IN4S. The van der Waals surface area contributed by atoms with Crippen molar-refractivity contribution in [3.8, 4) is 0 Å². The van der Waals surface area contributed by atoms with Crippen LogP contribution in [-0.2, 0) is 6.54 Å². The molecule has 0 unspecified atom stereocenters. The highest BCUT2D eigenvalue weighted by molar-refractivity contribution is 14.0. The Balaban J connectivity index is 0.00000162. The number of pyridine rings is 1. The summed E-state index contributed by atoms with van der Waals surface area (Å²) in [5, 5.41) is 0. The maximum absolute atomic E-state index is 5.98. The van der Waals surface area contributed by atoms with Gasteiger partial charge in [0, 0.05) is 37.0 Å². The number of aliphatic imine (C=N–C) groups is 1. The van der Waals surface area contributed by atoms with Crippen molar-refractivity contribution in [2.45, 2.75) is 13.5 Å². The first-order valence-corrected chi connectivity index (χ1v) is 6.94. The van der Waals surface area contributed by atoms with Gasteiger partial charge in [0.05, 0.1) is 6.54 Å². The predicted molar refractivity (Wildman–Crippen MR) is 88.6 cm³/mol. The van der Waals surface area contributed by atoms with Crippen molar-refractivity contribution in [3.63, 3.8) is 0 Å². The highest BCUT2D eigenvalue weighted by atomic mass is 127. The van der Waals surface area contributed by atoms with Crippen LogP contribution in [0.3, 0.4) is 0 Å². The van der Waals surface area contributed by atoms with Gasteiger partial charge in [-0.2, -0.15) is 11.8 Å². The third kappa shape index (κ3) is 4.64. The SMILES string of the molecule is Cc1cncc(CN=C(N)N2CCSCC2)c1.I. The van der Waals surface area contributed by atoms with Gasteiger partial charge in [-0.25, -0.2) is 4.99 Å². The van der Waals surface area contributed by atoms with E-state index in [0.29, 0.717) is 12.5 Å². The molecule has 1 aliphatic rings. The summed E-state index contributed by atoms with van der Waals surface area (Å²) in [5.41, 5.74) is 8.25. The van der Waals surface area contributed by atoms with Gasteiger partial charge in [-0.3, -0.25) is 4.98 Å². The van der Waals surface area contributed by atoms with Crippen LogP contribution < -0.4 is 5.73 Å². The summed E-state index contributed by atoms with van der Waals surface area (Å²) < 4.78 is 0. The summed E-state index contributed by atoms with van der Waals surface area (Å²) in [5.74, 6) is 2.94. The van der Waals surface area contributed by atoms with Gasteiger partial charge < -0.3 is 10.6 Å². The zero-order chi connectivity index (χ0) is 12.1. The van der Waals surface area contributed by atoms with Gasteiger partial charge in [0.25, 0.3) is 0 Å². The van der Waals surface area contributed by atoms with Gasteiger partial charge in [-0.15, -0.1) is 24.0 Å². The number of nitrogens with two attached hydrogens (primary N) is 1. The summed E-state index contributed by atoms with van der Waals surface area (Å²) in [6.07, 6.45) is 3.69. The molecule has 0 aliphatic carbocycles. The van der Waals surface area contributed by atoms with E-state index in [4.69, 9.17) is 5.73 Å². The molecule has 2 N–H and O–H groups in total. The average molecular weight is 378 g/mol. The minimum Gasteiger partial charge on any atom is -0.370 e. The van der Waals surface area contributed by atoms with Crippen molar-refractivity contribution < 1.29 is 0 Å². The van der Waals surface area contributed by atoms with Crippen LogP contribution in [0.4, 0.5) is 0 Å². The number of thioether (sulfide) groups is 1. The molecule has 1 saturated heterocycles. The molecule has 0 aromatic carbocycles. The van der Waals surface area contributed by atoms with Gasteiger partial charge >= 0.3 is 0 Å². The number of halogens is 1. The van der Waals surface area contributed by atoms with E-state index < -0.39 is 0 Å². The van der Waals surface area contributed by atoms with Gasteiger partial charge in [0.15, 0.2) is 5.96 Å². The molecule has 18 heavy (non-hydrogen) atoms. The van der Waals surface area contributed by atoms with Crippen molar-refractivity contribution in [1.29, 1.82) is 0 Å². The van der Waals surface area contributed by atoms with Crippen LogP contribution in [0.25, 0.3) is 0 Å². The fraction of sp³-hybridized carbons (Fsp3) is 0.500. The molecule has 2 heterocycles. The third-order valence-electron chi connectivity index (χ3n) is 2.69. The molecule has 100 valence electrons. The second-order valence-corrected chi connectivity index (χ2v) is 5.37. The Labute approximate surface area is 129 Å². The Morgan fingerprint density at radius 2 is 2.17 bits per heavy atom. The Kier molecular flexibility index (Phi) is 6.77. The first-order valence-electron chi connectivity index (χ1n) is 5.79. The molecule has 4 nitrogen and oxygen atoms in total. The highest BCUT2D eigenvalue weighted by Crippen LogP contribution is 2.09. The first kappa shape index (κ1) is 15.6. The standard InChI is InChI=1S/C12H18N4S.HI/c1-10-6-11(8-14-7-10)9-15-12(13)16-2-4-17-5-3-16;/h6-8H,2-5,9H2,1H3,(H2,13,15);1H.